The molecule has 1 N–H and O–H groups in total. The first kappa shape index (κ1) is 19.5. The number of methoxy groups -OCH3 is 1. The van der Waals surface area contributed by atoms with Crippen LogP contribution in [0.3, 0.4) is 0 Å². The molecule has 0 spiro atoms. The lowest BCUT2D eigenvalue weighted by Gasteiger charge is -2.06. The van der Waals surface area contributed by atoms with Crippen molar-refractivity contribution in [1.82, 2.24) is 5.32 Å². The van der Waals surface area contributed by atoms with Gasteiger partial charge in [-0.15, -0.1) is 0 Å². The van der Waals surface area contributed by atoms with E-state index in [1.165, 1.54) is 6.08 Å². The summed E-state index contributed by atoms with van der Waals surface area (Å²) in [4.78, 5) is 23.3. The minimum atomic E-state index is -0.578. The van der Waals surface area contributed by atoms with Crippen molar-refractivity contribution in [2.45, 2.75) is 6.42 Å². The zero-order valence-corrected chi connectivity index (χ0v) is 15.2. The van der Waals surface area contributed by atoms with Crippen molar-refractivity contribution in [3.05, 3.63) is 70.8 Å². The molecule has 0 fully saturated rings. The number of amides is 1. The Bertz CT molecular complexity index is 772. The zero-order valence-electron chi connectivity index (χ0n) is 14.4. The molecule has 0 aliphatic rings. The van der Waals surface area contributed by atoms with E-state index in [9.17, 15) is 9.59 Å². The van der Waals surface area contributed by atoms with Gasteiger partial charge in [0.1, 0.15) is 5.75 Å². The largest absolute Gasteiger partial charge is 0.497 e. The average molecular weight is 374 g/mol. The number of carbonyl (C=O) groups is 2. The molecule has 2 aromatic carbocycles. The van der Waals surface area contributed by atoms with E-state index in [-0.39, 0.29) is 12.5 Å². The number of hydrogen-bond donors (Lipinski definition) is 1. The van der Waals surface area contributed by atoms with E-state index in [0.29, 0.717) is 18.0 Å². The average Bonchev–Trinajstić information content (AvgIpc) is 2.65. The van der Waals surface area contributed by atoms with Crippen LogP contribution in [0.5, 0.6) is 5.75 Å². The van der Waals surface area contributed by atoms with Crippen molar-refractivity contribution >= 4 is 29.6 Å². The van der Waals surface area contributed by atoms with Gasteiger partial charge in [0.05, 0.1) is 7.11 Å². The van der Waals surface area contributed by atoms with Crippen LogP contribution in [-0.2, 0) is 20.7 Å². The lowest BCUT2D eigenvalue weighted by molar-refractivity contribution is -0.143. The van der Waals surface area contributed by atoms with E-state index in [0.717, 1.165) is 16.9 Å². The summed E-state index contributed by atoms with van der Waals surface area (Å²) in [5.41, 5.74) is 1.85. The fraction of sp³-hybridized carbons (Fsp3) is 0.200. The van der Waals surface area contributed by atoms with Crippen LogP contribution in [-0.4, -0.2) is 32.1 Å². The molecule has 26 heavy (non-hydrogen) atoms. The first-order valence-corrected chi connectivity index (χ1v) is 8.44. The number of esters is 1. The summed E-state index contributed by atoms with van der Waals surface area (Å²) in [6, 6.07) is 14.6. The highest BCUT2D eigenvalue weighted by Crippen LogP contribution is 2.12. The third-order valence-electron chi connectivity index (χ3n) is 3.50. The van der Waals surface area contributed by atoms with E-state index in [4.69, 9.17) is 21.1 Å². The smallest absolute Gasteiger partial charge is 0.331 e. The number of rotatable bonds is 8. The molecule has 0 unspecified atom stereocenters. The van der Waals surface area contributed by atoms with Crippen molar-refractivity contribution in [3.63, 3.8) is 0 Å². The van der Waals surface area contributed by atoms with Gasteiger partial charge >= 0.3 is 5.97 Å². The molecule has 2 aromatic rings. The fourth-order valence-corrected chi connectivity index (χ4v) is 2.37. The van der Waals surface area contributed by atoms with Crippen LogP contribution < -0.4 is 10.1 Å². The summed E-state index contributed by atoms with van der Waals surface area (Å²) in [7, 11) is 1.59. The molecular formula is C20H20ClNO4. The highest BCUT2D eigenvalue weighted by Gasteiger charge is 2.05. The molecule has 0 atom stereocenters. The first-order valence-electron chi connectivity index (χ1n) is 8.07. The summed E-state index contributed by atoms with van der Waals surface area (Å²) >= 11 is 5.90. The van der Waals surface area contributed by atoms with Gasteiger partial charge in [-0.1, -0.05) is 35.9 Å². The molecular weight excluding hydrogens is 354 g/mol. The molecule has 0 heterocycles. The van der Waals surface area contributed by atoms with Gasteiger partial charge in [0.25, 0.3) is 5.91 Å². The Labute approximate surface area is 157 Å². The van der Waals surface area contributed by atoms with Gasteiger partial charge in [0, 0.05) is 17.6 Å². The highest BCUT2D eigenvalue weighted by atomic mass is 35.5. The van der Waals surface area contributed by atoms with E-state index in [2.05, 4.69) is 5.32 Å². The Balaban J connectivity index is 1.67. The summed E-state index contributed by atoms with van der Waals surface area (Å²) < 4.78 is 9.97. The second-order valence-electron chi connectivity index (χ2n) is 5.44. The molecule has 2 rings (SSSR count). The molecule has 0 radical (unpaired) electrons. The van der Waals surface area contributed by atoms with Gasteiger partial charge in [-0.3, -0.25) is 4.79 Å². The lowest BCUT2D eigenvalue weighted by atomic mass is 10.1. The Morgan fingerprint density at radius 3 is 2.62 bits per heavy atom. The maximum atomic E-state index is 11.7. The third kappa shape index (κ3) is 6.99. The molecule has 0 aromatic heterocycles. The van der Waals surface area contributed by atoms with Crippen molar-refractivity contribution < 1.29 is 19.1 Å². The summed E-state index contributed by atoms with van der Waals surface area (Å²) in [6.07, 6.45) is 3.54. The maximum Gasteiger partial charge on any atom is 0.331 e. The van der Waals surface area contributed by atoms with Crippen LogP contribution in [0.2, 0.25) is 5.02 Å². The van der Waals surface area contributed by atoms with Crippen molar-refractivity contribution in [3.8, 4) is 5.75 Å². The number of ether oxygens (including phenoxy) is 2. The predicted molar refractivity (Wildman–Crippen MR) is 101 cm³/mol. The molecule has 5 nitrogen and oxygen atoms in total. The Kier molecular flexibility index (Phi) is 7.71. The number of carbonyl (C=O) groups excluding carboxylic acids is 2. The number of nitrogens with one attached hydrogen (secondary N) is 1. The molecule has 0 bridgehead atoms. The number of hydrogen-bond acceptors (Lipinski definition) is 4. The molecule has 6 heteroatoms. The third-order valence-corrected chi connectivity index (χ3v) is 3.73. The van der Waals surface area contributed by atoms with Gasteiger partial charge in [-0.05, 0) is 47.9 Å². The number of halogens is 1. The van der Waals surface area contributed by atoms with Crippen LogP contribution in [0.15, 0.2) is 54.6 Å². The Morgan fingerprint density at radius 1 is 1.15 bits per heavy atom. The van der Waals surface area contributed by atoms with Crippen molar-refractivity contribution in [1.29, 1.82) is 0 Å². The normalized spacial score (nSPS) is 10.5. The molecule has 0 saturated carbocycles. The van der Waals surface area contributed by atoms with E-state index in [1.807, 2.05) is 30.3 Å². The molecule has 1 amide bonds. The molecule has 136 valence electrons. The van der Waals surface area contributed by atoms with Crippen LogP contribution in [0.25, 0.3) is 6.08 Å². The van der Waals surface area contributed by atoms with Gasteiger partial charge in [-0.2, -0.15) is 0 Å². The van der Waals surface area contributed by atoms with E-state index >= 15 is 0 Å². The lowest BCUT2D eigenvalue weighted by Crippen LogP contribution is -2.30. The standard InChI is InChI=1S/C20H20ClNO4/c1-25-18-8-5-15(6-9-18)7-10-20(24)26-14-19(23)22-12-11-16-3-2-4-17(21)13-16/h2-10,13H,11-12,14H2,1H3,(H,22,23)/b10-7+. The van der Waals surface area contributed by atoms with Crippen LogP contribution in [0.1, 0.15) is 11.1 Å². The van der Waals surface area contributed by atoms with Gasteiger partial charge < -0.3 is 14.8 Å². The van der Waals surface area contributed by atoms with Gasteiger partial charge in [0.2, 0.25) is 0 Å². The Hall–Kier alpha value is -2.79. The van der Waals surface area contributed by atoms with Crippen LogP contribution >= 0.6 is 11.6 Å². The topological polar surface area (TPSA) is 64.6 Å². The quantitative estimate of drug-likeness (QED) is 0.569. The van der Waals surface area contributed by atoms with Crippen molar-refractivity contribution in [2.24, 2.45) is 0 Å². The highest BCUT2D eigenvalue weighted by molar-refractivity contribution is 6.30. The van der Waals surface area contributed by atoms with E-state index < -0.39 is 5.97 Å². The zero-order chi connectivity index (χ0) is 18.8. The molecule has 0 saturated heterocycles. The number of benzene rings is 2. The van der Waals surface area contributed by atoms with E-state index in [1.54, 1.807) is 31.4 Å². The summed E-state index contributed by atoms with van der Waals surface area (Å²) in [5, 5.41) is 3.35. The second kappa shape index (κ2) is 10.3. The van der Waals surface area contributed by atoms with Crippen LogP contribution in [0.4, 0.5) is 0 Å². The SMILES string of the molecule is COc1ccc(/C=C/C(=O)OCC(=O)NCCc2cccc(Cl)c2)cc1. The second-order valence-corrected chi connectivity index (χ2v) is 5.88. The monoisotopic (exact) mass is 373 g/mol. The van der Waals surface area contributed by atoms with Gasteiger partial charge in [-0.25, -0.2) is 4.79 Å². The Morgan fingerprint density at radius 2 is 1.92 bits per heavy atom. The fourth-order valence-electron chi connectivity index (χ4n) is 2.15. The minimum absolute atomic E-state index is 0.318. The van der Waals surface area contributed by atoms with Crippen LogP contribution in [0, 0.1) is 0 Å². The minimum Gasteiger partial charge on any atom is -0.497 e. The van der Waals surface area contributed by atoms with Crippen molar-refractivity contribution in [2.75, 3.05) is 20.3 Å². The summed E-state index contributed by atoms with van der Waals surface area (Å²) in [6.45, 7) is 0.125. The van der Waals surface area contributed by atoms with Gasteiger partial charge in [0.15, 0.2) is 6.61 Å². The molecule has 0 aliphatic heterocycles. The summed E-state index contributed by atoms with van der Waals surface area (Å²) in [5.74, 6) is -0.191. The maximum absolute atomic E-state index is 11.7. The first-order chi connectivity index (χ1) is 12.6. The molecule has 0 aliphatic carbocycles. The predicted octanol–water partition coefficient (Wildman–Crippen LogP) is 3.26.